The average Bonchev–Trinajstić information content (AvgIpc) is 3.09. The first-order chi connectivity index (χ1) is 14.9. The third-order valence-electron chi connectivity index (χ3n) is 9.82. The zero-order valence-corrected chi connectivity index (χ0v) is 20.2. The SMILES string of the molecule is CCCCCCOC(=O)O[C@H]1CC[C@H]2[C@@H]3CC[C@H]4C[C@H](OC)C=C[C@]4(C)[C@H]3CC[C@]12C. The molecular weight excluding hydrogens is 388 g/mol. The van der Waals surface area contributed by atoms with E-state index < -0.39 is 6.16 Å². The van der Waals surface area contributed by atoms with Gasteiger partial charge >= 0.3 is 6.16 Å². The van der Waals surface area contributed by atoms with E-state index in [4.69, 9.17) is 14.2 Å². The van der Waals surface area contributed by atoms with E-state index in [9.17, 15) is 4.79 Å². The number of fused-ring (bicyclic) bond motifs is 5. The van der Waals surface area contributed by atoms with Crippen LogP contribution in [-0.2, 0) is 14.2 Å². The molecule has 4 aliphatic rings. The number of carbonyl (C=O) groups is 1. The minimum absolute atomic E-state index is 0.0203. The van der Waals surface area contributed by atoms with Gasteiger partial charge in [-0.25, -0.2) is 4.79 Å². The summed E-state index contributed by atoms with van der Waals surface area (Å²) in [6.07, 6.45) is 17.6. The lowest BCUT2D eigenvalue weighted by Crippen LogP contribution is -2.53. The van der Waals surface area contributed by atoms with Gasteiger partial charge in [0.15, 0.2) is 0 Å². The van der Waals surface area contributed by atoms with Crippen LogP contribution in [0.4, 0.5) is 4.79 Å². The van der Waals surface area contributed by atoms with Crippen LogP contribution in [0.25, 0.3) is 0 Å². The number of rotatable bonds is 7. The second-order valence-corrected chi connectivity index (χ2v) is 11.3. The maximum absolute atomic E-state index is 12.4. The molecule has 0 amide bonds. The lowest BCUT2D eigenvalue weighted by atomic mass is 9.46. The number of allylic oxidation sites excluding steroid dienone is 1. The fourth-order valence-electron chi connectivity index (χ4n) is 7.93. The summed E-state index contributed by atoms with van der Waals surface area (Å²) in [6.45, 7) is 7.59. The van der Waals surface area contributed by atoms with Gasteiger partial charge in [-0.2, -0.15) is 0 Å². The van der Waals surface area contributed by atoms with Gasteiger partial charge in [-0.3, -0.25) is 0 Å². The van der Waals surface area contributed by atoms with Crippen molar-refractivity contribution in [3.05, 3.63) is 12.2 Å². The Hall–Kier alpha value is -1.03. The molecule has 0 aromatic rings. The van der Waals surface area contributed by atoms with E-state index in [2.05, 4.69) is 32.9 Å². The van der Waals surface area contributed by atoms with Gasteiger partial charge in [-0.05, 0) is 80.5 Å². The van der Waals surface area contributed by atoms with E-state index in [0.29, 0.717) is 24.0 Å². The Morgan fingerprint density at radius 1 is 1.03 bits per heavy atom. The molecule has 31 heavy (non-hydrogen) atoms. The fourth-order valence-corrected chi connectivity index (χ4v) is 7.93. The first-order valence-electron chi connectivity index (χ1n) is 13.0. The maximum Gasteiger partial charge on any atom is 0.508 e. The molecule has 0 aliphatic heterocycles. The molecule has 0 aromatic heterocycles. The molecule has 0 unspecified atom stereocenters. The summed E-state index contributed by atoms with van der Waals surface area (Å²) in [7, 11) is 1.84. The van der Waals surface area contributed by atoms with E-state index in [1.807, 2.05) is 7.11 Å². The third kappa shape index (κ3) is 4.30. The smallest absolute Gasteiger partial charge is 0.434 e. The topological polar surface area (TPSA) is 44.8 Å². The minimum atomic E-state index is -0.443. The second-order valence-electron chi connectivity index (χ2n) is 11.3. The summed E-state index contributed by atoms with van der Waals surface area (Å²) in [4.78, 5) is 12.4. The van der Waals surface area contributed by atoms with Crippen molar-refractivity contribution in [3.8, 4) is 0 Å². The van der Waals surface area contributed by atoms with E-state index in [0.717, 1.165) is 43.4 Å². The highest BCUT2D eigenvalue weighted by Gasteiger charge is 2.60. The lowest BCUT2D eigenvalue weighted by molar-refractivity contribution is -0.108. The van der Waals surface area contributed by atoms with Crippen LogP contribution in [0.3, 0.4) is 0 Å². The molecular formula is C27H44O4. The van der Waals surface area contributed by atoms with E-state index in [1.54, 1.807) is 0 Å². The van der Waals surface area contributed by atoms with Crippen molar-refractivity contribution in [2.45, 2.75) is 104 Å². The molecule has 3 fully saturated rings. The Balaban J connectivity index is 1.38. The molecule has 176 valence electrons. The molecule has 0 saturated heterocycles. The molecule has 0 bridgehead atoms. The Labute approximate surface area is 189 Å². The van der Waals surface area contributed by atoms with E-state index in [1.165, 1.54) is 44.9 Å². The van der Waals surface area contributed by atoms with Gasteiger partial charge in [0.1, 0.15) is 6.10 Å². The summed E-state index contributed by atoms with van der Waals surface area (Å²) in [5, 5.41) is 0. The molecule has 0 N–H and O–H groups in total. The summed E-state index contributed by atoms with van der Waals surface area (Å²) in [5.74, 6) is 2.91. The number of hydrogen-bond acceptors (Lipinski definition) is 4. The van der Waals surface area contributed by atoms with Crippen molar-refractivity contribution in [1.29, 1.82) is 0 Å². The van der Waals surface area contributed by atoms with Crippen LogP contribution in [-0.4, -0.2) is 32.1 Å². The van der Waals surface area contributed by atoms with Crippen molar-refractivity contribution < 1.29 is 19.0 Å². The molecule has 0 heterocycles. The summed E-state index contributed by atoms with van der Waals surface area (Å²) in [6, 6.07) is 0. The maximum atomic E-state index is 12.4. The number of ether oxygens (including phenoxy) is 3. The van der Waals surface area contributed by atoms with Gasteiger partial charge < -0.3 is 14.2 Å². The van der Waals surface area contributed by atoms with Gasteiger partial charge in [0, 0.05) is 12.5 Å². The van der Waals surface area contributed by atoms with E-state index in [-0.39, 0.29) is 11.5 Å². The van der Waals surface area contributed by atoms with Gasteiger partial charge in [0.2, 0.25) is 0 Å². The number of methoxy groups -OCH3 is 1. The Bertz CT molecular complexity index is 660. The minimum Gasteiger partial charge on any atom is -0.434 e. The summed E-state index contributed by atoms with van der Waals surface area (Å²) in [5.41, 5.74) is 0.411. The molecule has 3 saturated carbocycles. The van der Waals surface area contributed by atoms with Gasteiger partial charge in [-0.15, -0.1) is 0 Å². The fraction of sp³-hybridized carbons (Fsp3) is 0.889. The van der Waals surface area contributed by atoms with Crippen molar-refractivity contribution in [1.82, 2.24) is 0 Å². The first-order valence-corrected chi connectivity index (χ1v) is 13.0. The van der Waals surface area contributed by atoms with Crippen LogP contribution >= 0.6 is 0 Å². The zero-order chi connectivity index (χ0) is 22.1. The van der Waals surface area contributed by atoms with Crippen LogP contribution in [0, 0.1) is 34.5 Å². The highest BCUT2D eigenvalue weighted by Crippen LogP contribution is 2.65. The van der Waals surface area contributed by atoms with Gasteiger partial charge in [0.05, 0.1) is 12.7 Å². The molecule has 0 aromatic carbocycles. The lowest BCUT2D eigenvalue weighted by Gasteiger charge is -2.59. The van der Waals surface area contributed by atoms with Gasteiger partial charge in [0.25, 0.3) is 0 Å². The van der Waals surface area contributed by atoms with Crippen molar-refractivity contribution in [3.63, 3.8) is 0 Å². The number of unbranched alkanes of at least 4 members (excludes halogenated alkanes) is 3. The summed E-state index contributed by atoms with van der Waals surface area (Å²) >= 11 is 0. The predicted octanol–water partition coefficient (Wildman–Crippen LogP) is 6.92. The van der Waals surface area contributed by atoms with Crippen LogP contribution in [0.2, 0.25) is 0 Å². The second kappa shape index (κ2) is 9.45. The molecule has 0 spiro atoms. The Morgan fingerprint density at radius 2 is 1.87 bits per heavy atom. The number of carbonyl (C=O) groups excluding carboxylic acids is 1. The average molecular weight is 433 g/mol. The first kappa shape index (κ1) is 23.1. The zero-order valence-electron chi connectivity index (χ0n) is 20.2. The Morgan fingerprint density at radius 3 is 2.65 bits per heavy atom. The number of hydrogen-bond donors (Lipinski definition) is 0. The van der Waals surface area contributed by atoms with Crippen molar-refractivity contribution in [2.75, 3.05) is 13.7 Å². The van der Waals surface area contributed by atoms with Crippen molar-refractivity contribution >= 4 is 6.16 Å². The van der Waals surface area contributed by atoms with Gasteiger partial charge in [-0.1, -0.05) is 52.2 Å². The molecule has 4 nitrogen and oxygen atoms in total. The Kier molecular flexibility index (Phi) is 7.05. The standard InChI is InChI=1S/C27H44O4/c1-5-6-7-8-17-30-25(28)31-24-12-11-22-21-10-9-19-18-20(29-4)13-15-26(19,2)23(21)14-16-27(22,24)3/h13,15,19-24H,5-12,14,16-18H2,1-4H3/t19-,20+,21-,22-,23-,24-,26-,27-/m0/s1. The molecule has 8 atom stereocenters. The summed E-state index contributed by atoms with van der Waals surface area (Å²) < 4.78 is 17.0. The normalized spacial score (nSPS) is 43.6. The highest BCUT2D eigenvalue weighted by molar-refractivity contribution is 5.60. The van der Waals surface area contributed by atoms with Crippen LogP contribution < -0.4 is 0 Å². The highest BCUT2D eigenvalue weighted by atomic mass is 16.7. The van der Waals surface area contributed by atoms with Crippen LogP contribution in [0.15, 0.2) is 12.2 Å². The quantitative estimate of drug-likeness (QED) is 0.249. The van der Waals surface area contributed by atoms with Crippen LogP contribution in [0.1, 0.15) is 91.4 Å². The molecule has 0 radical (unpaired) electrons. The van der Waals surface area contributed by atoms with E-state index >= 15 is 0 Å². The molecule has 4 aliphatic carbocycles. The largest absolute Gasteiger partial charge is 0.508 e. The molecule has 4 heteroatoms. The monoisotopic (exact) mass is 432 g/mol. The van der Waals surface area contributed by atoms with Crippen molar-refractivity contribution in [2.24, 2.45) is 34.5 Å². The van der Waals surface area contributed by atoms with Crippen LogP contribution in [0.5, 0.6) is 0 Å². The predicted molar refractivity (Wildman–Crippen MR) is 123 cm³/mol. The third-order valence-corrected chi connectivity index (χ3v) is 9.82. The molecule has 4 rings (SSSR count).